The van der Waals surface area contributed by atoms with Gasteiger partial charge in [-0.05, 0) is 22.7 Å². The van der Waals surface area contributed by atoms with Crippen LogP contribution in [0.25, 0.3) is 0 Å². The summed E-state index contributed by atoms with van der Waals surface area (Å²) >= 11 is 5.55. The van der Waals surface area contributed by atoms with Crippen molar-refractivity contribution in [2.24, 2.45) is 0 Å². The van der Waals surface area contributed by atoms with Crippen LogP contribution in [0.1, 0.15) is 26.3 Å². The number of hydrogen-bond acceptors (Lipinski definition) is 2. The van der Waals surface area contributed by atoms with E-state index >= 15 is 0 Å². The molecule has 0 aromatic heterocycles. The summed E-state index contributed by atoms with van der Waals surface area (Å²) in [5, 5.41) is 1.26. The minimum atomic E-state index is -1.41. The third kappa shape index (κ3) is 3.78. The maximum absolute atomic E-state index is 5.49. The van der Waals surface area contributed by atoms with Crippen molar-refractivity contribution in [2.45, 2.75) is 49.1 Å². The average Bonchev–Trinajstić information content (AvgIpc) is 2.26. The summed E-state index contributed by atoms with van der Waals surface area (Å²) in [6.45, 7) is 11.9. The summed E-state index contributed by atoms with van der Waals surface area (Å²) in [6.07, 6.45) is 0. The maximum Gasteiger partial charge on any atom is 0.131 e. The Hall–Kier alpha value is 0.0669. The van der Waals surface area contributed by atoms with Gasteiger partial charge in [-0.1, -0.05) is 55.9 Å². The van der Waals surface area contributed by atoms with Crippen LogP contribution in [0.3, 0.4) is 0 Å². The predicted molar refractivity (Wildman–Crippen MR) is 88.7 cm³/mol. The summed E-state index contributed by atoms with van der Waals surface area (Å²) in [4.78, 5) is 1.28. The molecule has 0 amide bonds. The summed E-state index contributed by atoms with van der Waals surface area (Å²) in [5.74, 6) is 0.995. The zero-order valence-corrected chi connectivity index (χ0v) is 15.5. The van der Waals surface area contributed by atoms with Crippen LogP contribution in [-0.2, 0) is 5.33 Å². The van der Waals surface area contributed by atoms with Gasteiger partial charge < -0.3 is 4.74 Å². The SMILES string of the molecule is COc1ccc(CBr)cc1S[Si](C)(C)C(C)(C)C. The van der Waals surface area contributed by atoms with E-state index in [2.05, 4.69) is 68.0 Å². The maximum atomic E-state index is 5.49. The molecule has 1 rings (SSSR count). The van der Waals surface area contributed by atoms with Gasteiger partial charge in [0.1, 0.15) is 13.0 Å². The molecule has 18 heavy (non-hydrogen) atoms. The molecule has 0 bridgehead atoms. The molecule has 0 saturated heterocycles. The molecule has 4 heteroatoms. The second-order valence-electron chi connectivity index (χ2n) is 5.98. The Kier molecular flexibility index (Phi) is 5.39. The highest BCUT2D eigenvalue weighted by atomic mass is 79.9. The molecule has 0 radical (unpaired) electrons. The van der Waals surface area contributed by atoms with Gasteiger partial charge in [0.25, 0.3) is 0 Å². The zero-order valence-electron chi connectivity index (χ0n) is 12.1. The Labute approximate surface area is 124 Å². The van der Waals surface area contributed by atoms with E-state index in [1.807, 2.05) is 11.2 Å². The van der Waals surface area contributed by atoms with Crippen LogP contribution in [0.5, 0.6) is 5.75 Å². The first-order chi connectivity index (χ1) is 8.21. The van der Waals surface area contributed by atoms with Crippen LogP contribution in [0, 0.1) is 0 Å². The van der Waals surface area contributed by atoms with Gasteiger partial charge in [-0.3, -0.25) is 0 Å². The van der Waals surface area contributed by atoms with E-state index in [4.69, 9.17) is 4.74 Å². The molecule has 0 fully saturated rings. The Bertz CT molecular complexity index is 413. The fourth-order valence-corrected chi connectivity index (χ4v) is 6.03. The van der Waals surface area contributed by atoms with Crippen molar-refractivity contribution in [1.29, 1.82) is 0 Å². The third-order valence-electron chi connectivity index (χ3n) is 3.55. The standard InChI is InChI=1S/C14H23BrOSSi/c1-14(2,3)18(5,6)17-13-9-11(10-15)7-8-12(13)16-4/h7-9H,10H2,1-6H3. The molecular formula is C14H23BrOSSi. The first kappa shape index (κ1) is 16.1. The van der Waals surface area contributed by atoms with Gasteiger partial charge in [-0.2, -0.15) is 0 Å². The van der Waals surface area contributed by atoms with Crippen LogP contribution < -0.4 is 4.74 Å². The largest absolute Gasteiger partial charge is 0.496 e. The van der Waals surface area contributed by atoms with Gasteiger partial charge >= 0.3 is 0 Å². The van der Waals surface area contributed by atoms with E-state index in [1.165, 1.54) is 10.5 Å². The van der Waals surface area contributed by atoms with Crippen molar-refractivity contribution in [3.05, 3.63) is 23.8 Å². The lowest BCUT2D eigenvalue weighted by molar-refractivity contribution is 0.405. The smallest absolute Gasteiger partial charge is 0.131 e. The molecule has 0 aliphatic carbocycles. The number of alkyl halides is 1. The summed E-state index contributed by atoms with van der Waals surface area (Å²) in [6, 6.07) is 6.44. The lowest BCUT2D eigenvalue weighted by Crippen LogP contribution is -2.33. The van der Waals surface area contributed by atoms with E-state index < -0.39 is 7.22 Å². The van der Waals surface area contributed by atoms with Crippen LogP contribution >= 0.6 is 27.1 Å². The highest BCUT2D eigenvalue weighted by Crippen LogP contribution is 2.48. The Morgan fingerprint density at radius 1 is 1.28 bits per heavy atom. The predicted octanol–water partition coefficient (Wildman–Crippen LogP) is 5.69. The highest BCUT2D eigenvalue weighted by molar-refractivity contribution is 9.08. The van der Waals surface area contributed by atoms with Crippen LogP contribution in [0.4, 0.5) is 0 Å². The molecular weight excluding hydrogens is 324 g/mol. The Morgan fingerprint density at radius 2 is 1.89 bits per heavy atom. The molecule has 102 valence electrons. The molecule has 1 aromatic carbocycles. The molecule has 0 N–H and O–H groups in total. The first-order valence-electron chi connectivity index (χ1n) is 6.13. The summed E-state index contributed by atoms with van der Waals surface area (Å²) in [5.41, 5.74) is 1.30. The lowest BCUT2D eigenvalue weighted by atomic mass is 10.2. The Balaban J connectivity index is 3.09. The van der Waals surface area contributed by atoms with Gasteiger partial charge in [-0.15, -0.1) is 11.2 Å². The highest BCUT2D eigenvalue weighted by Gasteiger charge is 2.37. The normalized spacial score (nSPS) is 12.6. The minimum absolute atomic E-state index is 0.368. The minimum Gasteiger partial charge on any atom is -0.496 e. The molecule has 1 aromatic rings. The fraction of sp³-hybridized carbons (Fsp3) is 0.571. The second-order valence-corrected chi connectivity index (χ2v) is 15.4. The van der Waals surface area contributed by atoms with Gasteiger partial charge in [0.2, 0.25) is 0 Å². The van der Waals surface area contributed by atoms with Crippen LogP contribution in [-0.4, -0.2) is 14.3 Å². The summed E-state index contributed by atoms with van der Waals surface area (Å²) < 4.78 is 5.49. The van der Waals surface area contributed by atoms with Crippen molar-refractivity contribution in [1.82, 2.24) is 0 Å². The van der Waals surface area contributed by atoms with E-state index in [0.717, 1.165) is 11.1 Å². The number of rotatable bonds is 4. The molecule has 0 saturated carbocycles. The van der Waals surface area contributed by atoms with E-state index in [9.17, 15) is 0 Å². The summed E-state index contributed by atoms with van der Waals surface area (Å²) in [7, 11) is 0.341. The molecule has 0 aliphatic heterocycles. The first-order valence-corrected chi connectivity index (χ1v) is 11.8. The van der Waals surface area contributed by atoms with Crippen LogP contribution in [0.2, 0.25) is 18.1 Å². The van der Waals surface area contributed by atoms with Gasteiger partial charge in [0.05, 0.1) is 7.11 Å². The molecule has 0 unspecified atom stereocenters. The van der Waals surface area contributed by atoms with Gasteiger partial charge in [-0.25, -0.2) is 0 Å². The Morgan fingerprint density at radius 3 is 2.33 bits per heavy atom. The number of ether oxygens (including phenoxy) is 1. The topological polar surface area (TPSA) is 9.23 Å². The number of halogens is 1. The third-order valence-corrected chi connectivity index (χ3v) is 12.9. The van der Waals surface area contributed by atoms with Crippen molar-refractivity contribution >= 4 is 34.4 Å². The molecule has 0 atom stereocenters. The molecule has 0 heterocycles. The number of methoxy groups -OCH3 is 1. The number of benzene rings is 1. The fourth-order valence-electron chi connectivity index (χ4n) is 1.31. The zero-order chi connectivity index (χ0) is 14.0. The van der Waals surface area contributed by atoms with E-state index in [-0.39, 0.29) is 0 Å². The quantitative estimate of drug-likeness (QED) is 0.511. The van der Waals surface area contributed by atoms with Crippen molar-refractivity contribution in [2.75, 3.05) is 7.11 Å². The lowest BCUT2D eigenvalue weighted by Gasteiger charge is -2.36. The van der Waals surface area contributed by atoms with Gasteiger partial charge in [0.15, 0.2) is 0 Å². The molecule has 0 aliphatic rings. The molecule has 1 nitrogen and oxygen atoms in total. The second kappa shape index (κ2) is 6.01. The van der Waals surface area contributed by atoms with Crippen molar-refractivity contribution in [3.8, 4) is 5.75 Å². The number of hydrogen-bond donors (Lipinski definition) is 0. The van der Waals surface area contributed by atoms with E-state index in [1.54, 1.807) is 7.11 Å². The van der Waals surface area contributed by atoms with E-state index in [0.29, 0.717) is 5.04 Å². The van der Waals surface area contributed by atoms with Crippen molar-refractivity contribution < 1.29 is 4.74 Å². The van der Waals surface area contributed by atoms with Gasteiger partial charge in [0, 0.05) is 10.2 Å². The van der Waals surface area contributed by atoms with Crippen molar-refractivity contribution in [3.63, 3.8) is 0 Å². The monoisotopic (exact) mass is 346 g/mol. The van der Waals surface area contributed by atoms with Crippen LogP contribution in [0.15, 0.2) is 23.1 Å². The molecule has 0 spiro atoms. The average molecular weight is 347 g/mol.